The molecule has 0 radical (unpaired) electrons. The van der Waals surface area contributed by atoms with E-state index in [9.17, 15) is 4.79 Å². The quantitative estimate of drug-likeness (QED) is 0.792. The van der Waals surface area contributed by atoms with Crippen molar-refractivity contribution in [2.45, 2.75) is 25.6 Å². The summed E-state index contributed by atoms with van der Waals surface area (Å²) >= 11 is 1.88. The molecule has 2 aromatic heterocycles. The molecule has 1 saturated heterocycles. The smallest absolute Gasteiger partial charge is 0.267 e. The van der Waals surface area contributed by atoms with E-state index in [1.54, 1.807) is 10.7 Å². The van der Waals surface area contributed by atoms with Crippen LogP contribution in [0.25, 0.3) is 0 Å². The van der Waals surface area contributed by atoms with Gasteiger partial charge in [-0.3, -0.25) is 9.69 Å². The maximum Gasteiger partial charge on any atom is 0.267 e. The lowest BCUT2D eigenvalue weighted by molar-refractivity contribution is 0.241. The van der Waals surface area contributed by atoms with Gasteiger partial charge in [0.2, 0.25) is 5.95 Å². The van der Waals surface area contributed by atoms with E-state index in [-0.39, 0.29) is 5.56 Å². The van der Waals surface area contributed by atoms with Crippen molar-refractivity contribution in [3.05, 3.63) is 45.6 Å². The number of aryl methyl sites for hydroxylation is 2. The van der Waals surface area contributed by atoms with Gasteiger partial charge in [0.1, 0.15) is 0 Å². The van der Waals surface area contributed by atoms with Crippen molar-refractivity contribution < 1.29 is 0 Å². The molecule has 2 aliphatic heterocycles. The van der Waals surface area contributed by atoms with Gasteiger partial charge in [0.05, 0.1) is 12.2 Å². The molecule has 0 amide bonds. The molecule has 0 saturated carbocycles. The molecule has 0 N–H and O–H groups in total. The average Bonchev–Trinajstić information content (AvgIpc) is 2.67. The summed E-state index contributed by atoms with van der Waals surface area (Å²) < 4.78 is 1.64. The van der Waals surface area contributed by atoms with Gasteiger partial charge in [0.25, 0.3) is 5.56 Å². The van der Waals surface area contributed by atoms with Gasteiger partial charge >= 0.3 is 0 Å². The van der Waals surface area contributed by atoms with E-state index in [0.29, 0.717) is 6.54 Å². The number of fused-ring (bicyclic) bond motifs is 1. The van der Waals surface area contributed by atoms with Crippen molar-refractivity contribution in [2.75, 3.05) is 43.4 Å². The van der Waals surface area contributed by atoms with Gasteiger partial charge in [-0.2, -0.15) is 16.9 Å². The third-order valence-electron chi connectivity index (χ3n) is 4.97. The lowest BCUT2D eigenvalue weighted by Crippen LogP contribution is -2.48. The normalized spacial score (nSPS) is 18.0. The Bertz CT molecular complexity index is 831. The van der Waals surface area contributed by atoms with E-state index >= 15 is 0 Å². The van der Waals surface area contributed by atoms with E-state index in [0.717, 1.165) is 73.5 Å². The monoisotopic (exact) mass is 372 g/mol. The highest BCUT2D eigenvalue weighted by Crippen LogP contribution is 2.21. The Morgan fingerprint density at radius 3 is 2.85 bits per heavy atom. The highest BCUT2D eigenvalue weighted by molar-refractivity contribution is 7.98. The van der Waals surface area contributed by atoms with Crippen LogP contribution in [0.5, 0.6) is 0 Å². The molecule has 26 heavy (non-hydrogen) atoms. The Balaban J connectivity index is 1.33. The number of hydrogen-bond acceptors (Lipinski definition) is 7. The average molecular weight is 372 g/mol. The van der Waals surface area contributed by atoms with Crippen LogP contribution in [-0.2, 0) is 18.7 Å². The Kier molecular flexibility index (Phi) is 5.21. The minimum atomic E-state index is 0.0260. The zero-order valence-corrected chi connectivity index (χ0v) is 15.9. The van der Waals surface area contributed by atoms with Gasteiger partial charge in [-0.15, -0.1) is 0 Å². The fourth-order valence-electron chi connectivity index (χ4n) is 3.41. The van der Waals surface area contributed by atoms with Crippen LogP contribution >= 0.6 is 11.8 Å². The molecule has 0 atom stereocenters. The highest BCUT2D eigenvalue weighted by atomic mass is 32.2. The maximum absolute atomic E-state index is 12.3. The molecule has 2 aromatic rings. The third kappa shape index (κ3) is 3.91. The second-order valence-corrected chi connectivity index (χ2v) is 7.91. The SMILES string of the molecule is Cc1ccnc(N2CCN(CCn3nc4c(cc3=O)CSCC4)CC2)n1. The fraction of sp³-hybridized carbons (Fsp3) is 0.556. The minimum Gasteiger partial charge on any atom is -0.338 e. The molecule has 0 bridgehead atoms. The zero-order valence-electron chi connectivity index (χ0n) is 15.1. The Hall–Kier alpha value is -1.93. The highest BCUT2D eigenvalue weighted by Gasteiger charge is 2.19. The summed E-state index contributed by atoms with van der Waals surface area (Å²) in [6.45, 7) is 7.22. The zero-order chi connectivity index (χ0) is 17.9. The molecule has 0 aromatic carbocycles. The number of piperazine rings is 1. The molecular formula is C18H24N6OS. The first-order chi connectivity index (χ1) is 12.7. The number of nitrogens with zero attached hydrogens (tertiary/aromatic N) is 6. The van der Waals surface area contributed by atoms with Crippen molar-refractivity contribution in [3.8, 4) is 0 Å². The van der Waals surface area contributed by atoms with E-state index in [4.69, 9.17) is 0 Å². The third-order valence-corrected chi connectivity index (χ3v) is 5.98. The van der Waals surface area contributed by atoms with Crippen LogP contribution in [0.2, 0.25) is 0 Å². The second-order valence-electron chi connectivity index (χ2n) is 6.81. The van der Waals surface area contributed by atoms with Crippen LogP contribution in [0.1, 0.15) is 17.0 Å². The summed E-state index contributed by atoms with van der Waals surface area (Å²) in [6, 6.07) is 3.70. The van der Waals surface area contributed by atoms with E-state index in [2.05, 4.69) is 24.9 Å². The molecule has 4 heterocycles. The first-order valence-corrected chi connectivity index (χ1v) is 10.3. The predicted octanol–water partition coefficient (Wildman–Crippen LogP) is 0.953. The van der Waals surface area contributed by atoms with Gasteiger partial charge < -0.3 is 4.90 Å². The molecule has 8 heteroatoms. The lowest BCUT2D eigenvalue weighted by atomic mass is 10.2. The van der Waals surface area contributed by atoms with Crippen molar-refractivity contribution in [1.29, 1.82) is 0 Å². The van der Waals surface area contributed by atoms with Crippen LogP contribution in [0.15, 0.2) is 23.1 Å². The summed E-state index contributed by atoms with van der Waals surface area (Å²) in [6.07, 6.45) is 2.78. The first-order valence-electron chi connectivity index (χ1n) is 9.14. The number of thioether (sulfide) groups is 1. The maximum atomic E-state index is 12.3. The Morgan fingerprint density at radius 2 is 2.04 bits per heavy atom. The number of hydrogen-bond donors (Lipinski definition) is 0. The summed E-state index contributed by atoms with van der Waals surface area (Å²) in [5.74, 6) is 2.83. The fourth-order valence-corrected chi connectivity index (χ4v) is 4.36. The van der Waals surface area contributed by atoms with Gasteiger partial charge in [-0.25, -0.2) is 14.6 Å². The van der Waals surface area contributed by atoms with Crippen LogP contribution < -0.4 is 10.5 Å². The van der Waals surface area contributed by atoms with Crippen molar-refractivity contribution in [3.63, 3.8) is 0 Å². The Morgan fingerprint density at radius 1 is 1.19 bits per heavy atom. The second kappa shape index (κ2) is 7.75. The van der Waals surface area contributed by atoms with E-state index in [1.165, 1.54) is 0 Å². The van der Waals surface area contributed by atoms with Crippen LogP contribution in [0.4, 0.5) is 5.95 Å². The lowest BCUT2D eigenvalue weighted by Gasteiger charge is -2.34. The molecular weight excluding hydrogens is 348 g/mol. The Labute approximate surface area is 157 Å². The van der Waals surface area contributed by atoms with Crippen molar-refractivity contribution >= 4 is 17.7 Å². The van der Waals surface area contributed by atoms with Gasteiger partial charge in [0.15, 0.2) is 0 Å². The first kappa shape index (κ1) is 17.5. The molecule has 0 aliphatic carbocycles. The molecule has 1 fully saturated rings. The van der Waals surface area contributed by atoms with E-state index < -0.39 is 0 Å². The largest absolute Gasteiger partial charge is 0.338 e. The number of rotatable bonds is 4. The van der Waals surface area contributed by atoms with Crippen LogP contribution in [-0.4, -0.2) is 63.1 Å². The van der Waals surface area contributed by atoms with Crippen molar-refractivity contribution in [2.24, 2.45) is 0 Å². The molecule has 138 valence electrons. The molecule has 0 spiro atoms. The number of aromatic nitrogens is 4. The van der Waals surface area contributed by atoms with Gasteiger partial charge in [-0.05, 0) is 24.3 Å². The molecule has 0 unspecified atom stereocenters. The standard InChI is InChI=1S/C18H24N6OS/c1-14-2-4-19-18(20-14)23-8-5-22(6-9-23)7-10-24-17(25)12-15-13-26-11-3-16(15)21-24/h2,4,12H,3,5-11,13H2,1H3. The van der Waals surface area contributed by atoms with E-state index in [1.807, 2.05) is 30.9 Å². The summed E-state index contributed by atoms with van der Waals surface area (Å²) in [5, 5.41) is 4.60. The number of anilines is 1. The molecule has 7 nitrogen and oxygen atoms in total. The van der Waals surface area contributed by atoms with Crippen LogP contribution in [0, 0.1) is 6.92 Å². The molecule has 4 rings (SSSR count). The molecule has 2 aliphatic rings. The summed E-state index contributed by atoms with van der Waals surface area (Å²) in [4.78, 5) is 25.8. The van der Waals surface area contributed by atoms with Gasteiger partial charge in [0, 0.05) is 62.9 Å². The van der Waals surface area contributed by atoms with Crippen LogP contribution in [0.3, 0.4) is 0 Å². The minimum absolute atomic E-state index is 0.0260. The summed E-state index contributed by atoms with van der Waals surface area (Å²) in [7, 11) is 0. The predicted molar refractivity (Wildman–Crippen MR) is 104 cm³/mol. The van der Waals surface area contributed by atoms with Gasteiger partial charge in [-0.1, -0.05) is 0 Å². The summed E-state index contributed by atoms with van der Waals surface area (Å²) in [5.41, 5.74) is 3.24. The van der Waals surface area contributed by atoms with Crippen molar-refractivity contribution in [1.82, 2.24) is 24.6 Å². The topological polar surface area (TPSA) is 67.2 Å².